The van der Waals surface area contributed by atoms with E-state index < -0.39 is 0 Å². The van der Waals surface area contributed by atoms with Crippen molar-refractivity contribution in [2.45, 2.75) is 20.8 Å². The average molecular weight is 222 g/mol. The highest BCUT2D eigenvalue weighted by Crippen LogP contribution is 2.28. The number of rotatable bonds is 2. The van der Waals surface area contributed by atoms with E-state index in [0.717, 1.165) is 43.3 Å². The van der Waals surface area contributed by atoms with Crippen molar-refractivity contribution in [3.8, 4) is 0 Å². The molecule has 0 aliphatic carbocycles. The second-order valence-corrected chi connectivity index (χ2v) is 4.25. The fourth-order valence-corrected chi connectivity index (χ4v) is 2.35. The van der Waals surface area contributed by atoms with Gasteiger partial charge in [0.1, 0.15) is 0 Å². The predicted octanol–water partition coefficient (Wildman–Crippen LogP) is 1.67. The SMILES string of the molecule is CC(=O)c1[nH]c(C)c(N2CCOCC2)c1C. The molecular weight excluding hydrogens is 204 g/mol. The highest BCUT2D eigenvalue weighted by Gasteiger charge is 2.20. The molecule has 0 bridgehead atoms. The summed E-state index contributed by atoms with van der Waals surface area (Å²) < 4.78 is 5.34. The van der Waals surface area contributed by atoms with Crippen LogP contribution >= 0.6 is 0 Å². The Bertz CT molecular complexity index is 403. The normalized spacial score (nSPS) is 16.6. The zero-order chi connectivity index (χ0) is 11.7. The molecule has 0 saturated carbocycles. The predicted molar refractivity (Wildman–Crippen MR) is 63.3 cm³/mol. The van der Waals surface area contributed by atoms with E-state index in [4.69, 9.17) is 4.74 Å². The highest BCUT2D eigenvalue weighted by atomic mass is 16.5. The Morgan fingerprint density at radius 2 is 1.94 bits per heavy atom. The van der Waals surface area contributed by atoms with Gasteiger partial charge in [-0.05, 0) is 13.8 Å². The first-order chi connectivity index (χ1) is 7.61. The van der Waals surface area contributed by atoms with Crippen LogP contribution < -0.4 is 4.90 Å². The molecule has 0 aromatic carbocycles. The average Bonchev–Trinajstić information content (AvgIpc) is 2.56. The summed E-state index contributed by atoms with van der Waals surface area (Å²) in [5, 5.41) is 0. The Labute approximate surface area is 95.6 Å². The van der Waals surface area contributed by atoms with Gasteiger partial charge in [0.25, 0.3) is 0 Å². The maximum Gasteiger partial charge on any atom is 0.176 e. The third kappa shape index (κ3) is 1.85. The molecule has 1 aromatic heterocycles. The van der Waals surface area contributed by atoms with Gasteiger partial charge >= 0.3 is 0 Å². The Morgan fingerprint density at radius 3 is 2.44 bits per heavy atom. The van der Waals surface area contributed by atoms with Crippen molar-refractivity contribution in [3.63, 3.8) is 0 Å². The molecule has 1 saturated heterocycles. The third-order valence-corrected chi connectivity index (χ3v) is 3.08. The molecule has 1 fully saturated rings. The maximum atomic E-state index is 11.4. The van der Waals surface area contributed by atoms with Crippen molar-refractivity contribution < 1.29 is 9.53 Å². The molecule has 1 N–H and O–H groups in total. The minimum Gasteiger partial charge on any atom is -0.378 e. The molecule has 2 rings (SSSR count). The largest absolute Gasteiger partial charge is 0.378 e. The summed E-state index contributed by atoms with van der Waals surface area (Å²) in [5.41, 5.74) is 4.05. The number of aromatic nitrogens is 1. The number of aryl methyl sites for hydroxylation is 1. The molecule has 0 atom stereocenters. The number of hydrogen-bond acceptors (Lipinski definition) is 3. The number of morpholine rings is 1. The summed E-state index contributed by atoms with van der Waals surface area (Å²) in [5.74, 6) is 0.0973. The summed E-state index contributed by atoms with van der Waals surface area (Å²) in [7, 11) is 0. The van der Waals surface area contributed by atoms with Gasteiger partial charge in [0.05, 0.1) is 24.6 Å². The second kappa shape index (κ2) is 4.29. The van der Waals surface area contributed by atoms with Crippen LogP contribution in [-0.2, 0) is 4.74 Å². The number of aromatic amines is 1. The van der Waals surface area contributed by atoms with Gasteiger partial charge in [0.2, 0.25) is 0 Å². The number of anilines is 1. The first kappa shape index (κ1) is 11.2. The first-order valence-electron chi connectivity index (χ1n) is 5.64. The van der Waals surface area contributed by atoms with Gasteiger partial charge in [-0.2, -0.15) is 0 Å². The quantitative estimate of drug-likeness (QED) is 0.774. The standard InChI is InChI=1S/C12H18N2O2/c1-8-11(10(3)15)13-9(2)12(8)14-4-6-16-7-5-14/h13H,4-7H2,1-3H3. The number of H-pyrrole nitrogens is 1. The lowest BCUT2D eigenvalue weighted by molar-refractivity contribution is 0.101. The van der Waals surface area contributed by atoms with Crippen LogP contribution in [0.1, 0.15) is 28.7 Å². The van der Waals surface area contributed by atoms with Crippen LogP contribution in [-0.4, -0.2) is 37.1 Å². The minimum atomic E-state index is 0.0973. The van der Waals surface area contributed by atoms with Crippen LogP contribution in [0.25, 0.3) is 0 Å². The van der Waals surface area contributed by atoms with Gasteiger partial charge in [-0.3, -0.25) is 4.79 Å². The number of ketones is 1. The number of hydrogen-bond donors (Lipinski definition) is 1. The fraction of sp³-hybridized carbons (Fsp3) is 0.583. The maximum absolute atomic E-state index is 11.4. The van der Waals surface area contributed by atoms with Crippen molar-refractivity contribution >= 4 is 11.5 Å². The minimum absolute atomic E-state index is 0.0973. The monoisotopic (exact) mass is 222 g/mol. The van der Waals surface area contributed by atoms with E-state index in [9.17, 15) is 4.79 Å². The van der Waals surface area contributed by atoms with Crippen molar-refractivity contribution in [1.82, 2.24) is 4.98 Å². The highest BCUT2D eigenvalue weighted by molar-refractivity contribution is 5.96. The summed E-state index contributed by atoms with van der Waals surface area (Å²) in [4.78, 5) is 16.9. The summed E-state index contributed by atoms with van der Waals surface area (Å²) in [6, 6.07) is 0. The van der Waals surface area contributed by atoms with Crippen LogP contribution in [0.3, 0.4) is 0 Å². The van der Waals surface area contributed by atoms with Gasteiger partial charge in [-0.1, -0.05) is 0 Å². The van der Waals surface area contributed by atoms with Gasteiger partial charge in [0, 0.05) is 31.3 Å². The van der Waals surface area contributed by atoms with E-state index in [-0.39, 0.29) is 5.78 Å². The zero-order valence-electron chi connectivity index (χ0n) is 10.1. The molecule has 0 amide bonds. The van der Waals surface area contributed by atoms with Crippen molar-refractivity contribution in [1.29, 1.82) is 0 Å². The summed E-state index contributed by atoms with van der Waals surface area (Å²) in [6.07, 6.45) is 0. The molecule has 16 heavy (non-hydrogen) atoms. The van der Waals surface area contributed by atoms with E-state index in [2.05, 4.69) is 9.88 Å². The van der Waals surface area contributed by atoms with Gasteiger partial charge in [0.15, 0.2) is 5.78 Å². The number of Topliss-reactive ketones (excluding diaryl/α,β-unsaturated/α-hetero) is 1. The zero-order valence-corrected chi connectivity index (χ0v) is 10.1. The lowest BCUT2D eigenvalue weighted by atomic mass is 10.1. The number of nitrogens with zero attached hydrogens (tertiary/aromatic N) is 1. The van der Waals surface area contributed by atoms with E-state index in [1.54, 1.807) is 6.92 Å². The molecule has 2 heterocycles. The molecule has 0 radical (unpaired) electrons. The van der Waals surface area contributed by atoms with Gasteiger partial charge < -0.3 is 14.6 Å². The Morgan fingerprint density at radius 1 is 1.31 bits per heavy atom. The smallest absolute Gasteiger partial charge is 0.176 e. The molecule has 1 aliphatic heterocycles. The van der Waals surface area contributed by atoms with Crippen molar-refractivity contribution in [2.24, 2.45) is 0 Å². The second-order valence-electron chi connectivity index (χ2n) is 4.25. The van der Waals surface area contributed by atoms with Crippen LogP contribution in [0.5, 0.6) is 0 Å². The van der Waals surface area contributed by atoms with Crippen LogP contribution in [0.15, 0.2) is 0 Å². The first-order valence-corrected chi connectivity index (χ1v) is 5.64. The topological polar surface area (TPSA) is 45.3 Å². The van der Waals surface area contributed by atoms with Crippen LogP contribution in [0, 0.1) is 13.8 Å². The lowest BCUT2D eigenvalue weighted by Gasteiger charge is -2.29. The van der Waals surface area contributed by atoms with E-state index in [0.29, 0.717) is 0 Å². The number of carbonyl (C=O) groups is 1. The molecule has 1 aliphatic rings. The van der Waals surface area contributed by atoms with Crippen molar-refractivity contribution in [2.75, 3.05) is 31.2 Å². The molecular formula is C12H18N2O2. The molecule has 0 unspecified atom stereocenters. The molecule has 1 aromatic rings. The Kier molecular flexibility index (Phi) is 3.01. The molecule has 0 spiro atoms. The molecule has 4 nitrogen and oxygen atoms in total. The molecule has 88 valence electrons. The number of ether oxygens (including phenoxy) is 1. The molecule has 4 heteroatoms. The van der Waals surface area contributed by atoms with Gasteiger partial charge in [-0.25, -0.2) is 0 Å². The lowest BCUT2D eigenvalue weighted by Crippen LogP contribution is -2.36. The number of nitrogens with one attached hydrogen (secondary N) is 1. The van der Waals surface area contributed by atoms with Crippen LogP contribution in [0.2, 0.25) is 0 Å². The third-order valence-electron chi connectivity index (χ3n) is 3.08. The Hall–Kier alpha value is -1.29. The summed E-state index contributed by atoms with van der Waals surface area (Å²) >= 11 is 0. The van der Waals surface area contributed by atoms with Gasteiger partial charge in [-0.15, -0.1) is 0 Å². The van der Waals surface area contributed by atoms with E-state index in [1.165, 1.54) is 5.69 Å². The van der Waals surface area contributed by atoms with E-state index in [1.807, 2.05) is 13.8 Å². The van der Waals surface area contributed by atoms with E-state index >= 15 is 0 Å². The number of carbonyl (C=O) groups excluding carboxylic acids is 1. The summed E-state index contributed by atoms with van der Waals surface area (Å²) in [6.45, 7) is 8.95. The van der Waals surface area contributed by atoms with Crippen LogP contribution in [0.4, 0.5) is 5.69 Å². The fourth-order valence-electron chi connectivity index (χ4n) is 2.35. The van der Waals surface area contributed by atoms with Crippen molar-refractivity contribution in [3.05, 3.63) is 17.0 Å². The Balaban J connectivity index is 2.36.